The summed E-state index contributed by atoms with van der Waals surface area (Å²) in [5.41, 5.74) is 2.24. The van der Waals surface area contributed by atoms with Gasteiger partial charge in [0.1, 0.15) is 0 Å². The fourth-order valence-corrected chi connectivity index (χ4v) is 1.72. The molecule has 2 heterocycles. The van der Waals surface area contributed by atoms with Crippen LogP contribution in [0.4, 0.5) is 5.69 Å². The molecule has 0 radical (unpaired) electrons. The largest absolute Gasteiger partial charge is 0.260 e. The van der Waals surface area contributed by atoms with Crippen molar-refractivity contribution in [3.63, 3.8) is 0 Å². The Hall–Kier alpha value is -1.70. The molecule has 13 heavy (non-hydrogen) atoms. The zero-order valence-corrected chi connectivity index (χ0v) is 7.07. The van der Waals surface area contributed by atoms with Gasteiger partial charge in [-0.25, -0.2) is 0 Å². The maximum absolute atomic E-state index is 4.33. The highest BCUT2D eigenvalue weighted by molar-refractivity contribution is 5.74. The second-order valence-electron chi connectivity index (χ2n) is 3.13. The van der Waals surface area contributed by atoms with Crippen LogP contribution in [0, 0.1) is 0 Å². The molecule has 0 amide bonds. The van der Waals surface area contributed by atoms with E-state index in [0.717, 1.165) is 17.5 Å². The third-order valence-corrected chi connectivity index (χ3v) is 2.34. The molecule has 0 atom stereocenters. The van der Waals surface area contributed by atoms with Gasteiger partial charge in [-0.05, 0) is 12.1 Å². The van der Waals surface area contributed by atoms with Crippen molar-refractivity contribution in [2.24, 2.45) is 9.98 Å². The Kier molecular flexibility index (Phi) is 1.25. The van der Waals surface area contributed by atoms with Crippen LogP contribution in [-0.4, -0.2) is 6.21 Å². The van der Waals surface area contributed by atoms with Crippen molar-refractivity contribution in [1.29, 1.82) is 0 Å². The summed E-state index contributed by atoms with van der Waals surface area (Å²) in [6.07, 6.45) is 8.90. The molecular formula is C11H8N2. The highest BCUT2D eigenvalue weighted by Gasteiger charge is 2.04. The van der Waals surface area contributed by atoms with E-state index in [1.807, 2.05) is 24.6 Å². The van der Waals surface area contributed by atoms with E-state index in [0.29, 0.717) is 0 Å². The Morgan fingerprint density at radius 3 is 3.23 bits per heavy atom. The smallest absolute Gasteiger partial charge is 0.0793 e. The van der Waals surface area contributed by atoms with Crippen molar-refractivity contribution in [2.45, 2.75) is 6.42 Å². The number of hydrogen-bond acceptors (Lipinski definition) is 2. The predicted molar refractivity (Wildman–Crippen MR) is 53.5 cm³/mol. The van der Waals surface area contributed by atoms with E-state index in [4.69, 9.17) is 0 Å². The van der Waals surface area contributed by atoms with E-state index >= 15 is 0 Å². The summed E-state index contributed by atoms with van der Waals surface area (Å²) in [6.45, 7) is 0. The highest BCUT2D eigenvalue weighted by atomic mass is 14.7. The molecule has 0 bridgehead atoms. The SMILES string of the molecule is C1=Cc2ccc3c(c2=N1)=CCC=N3. The summed E-state index contributed by atoms with van der Waals surface area (Å²) in [5, 5.41) is 2.26. The molecule has 0 fully saturated rings. The van der Waals surface area contributed by atoms with Crippen molar-refractivity contribution in [1.82, 2.24) is 0 Å². The van der Waals surface area contributed by atoms with Crippen LogP contribution >= 0.6 is 0 Å². The highest BCUT2D eigenvalue weighted by Crippen LogP contribution is 2.09. The number of rotatable bonds is 0. The van der Waals surface area contributed by atoms with Gasteiger partial charge in [0.2, 0.25) is 0 Å². The van der Waals surface area contributed by atoms with Crippen molar-refractivity contribution in [3.05, 3.63) is 34.5 Å². The lowest BCUT2D eigenvalue weighted by molar-refractivity contribution is 1.29. The first-order chi connectivity index (χ1) is 6.45. The number of nitrogens with zero attached hydrogens (tertiary/aromatic N) is 2. The fraction of sp³-hybridized carbons (Fsp3) is 0.0909. The van der Waals surface area contributed by atoms with E-state index in [1.54, 1.807) is 0 Å². The normalized spacial score (nSPS) is 16.0. The Balaban J connectivity index is 2.51. The molecule has 0 aromatic heterocycles. The first-order valence-electron chi connectivity index (χ1n) is 4.35. The number of benzene rings is 1. The minimum atomic E-state index is 0.916. The van der Waals surface area contributed by atoms with Crippen molar-refractivity contribution >= 4 is 24.1 Å². The quantitative estimate of drug-likeness (QED) is 0.555. The van der Waals surface area contributed by atoms with Crippen molar-refractivity contribution in [2.75, 3.05) is 0 Å². The van der Waals surface area contributed by atoms with Crippen LogP contribution in [0.1, 0.15) is 12.0 Å². The lowest BCUT2D eigenvalue weighted by atomic mass is 10.1. The summed E-state index contributed by atoms with van der Waals surface area (Å²) in [7, 11) is 0. The van der Waals surface area contributed by atoms with Gasteiger partial charge in [0.25, 0.3) is 0 Å². The van der Waals surface area contributed by atoms with Crippen LogP contribution < -0.4 is 10.6 Å². The van der Waals surface area contributed by atoms with Crippen LogP contribution in [0.2, 0.25) is 0 Å². The van der Waals surface area contributed by atoms with E-state index in [1.165, 1.54) is 10.8 Å². The van der Waals surface area contributed by atoms with Gasteiger partial charge in [0.15, 0.2) is 0 Å². The second kappa shape index (κ2) is 2.39. The topological polar surface area (TPSA) is 24.7 Å². The molecule has 62 valence electrons. The minimum Gasteiger partial charge on any atom is -0.260 e. The molecule has 1 aromatic carbocycles. The van der Waals surface area contributed by atoms with Gasteiger partial charge in [-0.1, -0.05) is 12.1 Å². The summed E-state index contributed by atoms with van der Waals surface area (Å²) in [6, 6.07) is 4.11. The third-order valence-electron chi connectivity index (χ3n) is 2.34. The molecule has 2 nitrogen and oxygen atoms in total. The van der Waals surface area contributed by atoms with E-state index in [-0.39, 0.29) is 0 Å². The number of fused-ring (bicyclic) bond motifs is 3. The van der Waals surface area contributed by atoms with Crippen LogP contribution in [0.3, 0.4) is 0 Å². The monoisotopic (exact) mass is 168 g/mol. The molecule has 0 N–H and O–H groups in total. The maximum atomic E-state index is 4.33. The maximum Gasteiger partial charge on any atom is 0.0793 e. The first kappa shape index (κ1) is 6.78. The molecular weight excluding hydrogens is 160 g/mol. The van der Waals surface area contributed by atoms with Gasteiger partial charge in [0, 0.05) is 29.6 Å². The summed E-state index contributed by atoms with van der Waals surface area (Å²) in [4.78, 5) is 8.65. The van der Waals surface area contributed by atoms with E-state index in [2.05, 4.69) is 22.1 Å². The van der Waals surface area contributed by atoms with E-state index < -0.39 is 0 Å². The van der Waals surface area contributed by atoms with Crippen molar-refractivity contribution < 1.29 is 0 Å². The summed E-state index contributed by atoms with van der Waals surface area (Å²) >= 11 is 0. The van der Waals surface area contributed by atoms with Crippen LogP contribution in [0.15, 0.2) is 28.3 Å². The van der Waals surface area contributed by atoms with Gasteiger partial charge in [-0.3, -0.25) is 9.98 Å². The Morgan fingerprint density at radius 2 is 2.23 bits per heavy atom. The molecule has 2 aliphatic heterocycles. The van der Waals surface area contributed by atoms with E-state index in [9.17, 15) is 0 Å². The number of hydrogen-bond donors (Lipinski definition) is 0. The van der Waals surface area contributed by atoms with Crippen molar-refractivity contribution in [3.8, 4) is 0 Å². The van der Waals surface area contributed by atoms with Gasteiger partial charge in [0.05, 0.1) is 11.0 Å². The molecule has 0 unspecified atom stereocenters. The van der Waals surface area contributed by atoms with Crippen LogP contribution in [0.5, 0.6) is 0 Å². The summed E-state index contributed by atoms with van der Waals surface area (Å²) < 4.78 is 0. The molecule has 0 saturated heterocycles. The fourth-order valence-electron chi connectivity index (χ4n) is 1.72. The van der Waals surface area contributed by atoms with Gasteiger partial charge in [-0.2, -0.15) is 0 Å². The minimum absolute atomic E-state index is 0.916. The second-order valence-corrected chi connectivity index (χ2v) is 3.13. The molecule has 0 saturated carbocycles. The molecule has 3 rings (SSSR count). The Morgan fingerprint density at radius 1 is 1.23 bits per heavy atom. The zero-order valence-electron chi connectivity index (χ0n) is 7.07. The molecule has 2 heteroatoms. The lowest BCUT2D eigenvalue weighted by Crippen LogP contribution is -2.27. The molecule has 0 spiro atoms. The summed E-state index contributed by atoms with van der Waals surface area (Å²) in [5.74, 6) is 0. The molecule has 0 aliphatic carbocycles. The predicted octanol–water partition coefficient (Wildman–Crippen LogP) is 1.18. The first-order valence-corrected chi connectivity index (χ1v) is 4.35. The van der Waals surface area contributed by atoms with Gasteiger partial charge < -0.3 is 0 Å². The molecule has 1 aromatic rings. The lowest BCUT2D eigenvalue weighted by Gasteiger charge is -2.01. The van der Waals surface area contributed by atoms with Crippen LogP contribution in [-0.2, 0) is 0 Å². The molecule has 2 aliphatic rings. The average Bonchev–Trinajstić information content (AvgIpc) is 2.65. The Labute approximate surface area is 75.7 Å². The van der Waals surface area contributed by atoms with Gasteiger partial charge >= 0.3 is 0 Å². The average molecular weight is 168 g/mol. The number of aliphatic imine (C=N–C) groups is 1. The van der Waals surface area contributed by atoms with Crippen LogP contribution in [0.25, 0.3) is 12.2 Å². The third kappa shape index (κ3) is 0.886. The van der Waals surface area contributed by atoms with Gasteiger partial charge in [-0.15, -0.1) is 0 Å². The Bertz CT molecular complexity index is 536. The zero-order chi connectivity index (χ0) is 8.67. The standard InChI is InChI=1S/C11H8N2/c1-2-9-10(12-6-1)4-3-8-5-7-13-11(8)9/h2-7H,1H2.